The van der Waals surface area contributed by atoms with Crippen molar-refractivity contribution in [3.63, 3.8) is 0 Å². The van der Waals surface area contributed by atoms with Crippen molar-refractivity contribution in [3.05, 3.63) is 35.4 Å². The number of benzene rings is 1. The molecule has 0 saturated heterocycles. The van der Waals surface area contributed by atoms with Crippen molar-refractivity contribution in [3.8, 4) is 0 Å². The number of esters is 1. The summed E-state index contributed by atoms with van der Waals surface area (Å²) >= 11 is 0. The Hall–Kier alpha value is -2.05. The zero-order valence-corrected chi connectivity index (χ0v) is 12.4. The molecule has 0 fully saturated rings. The zero-order valence-electron chi connectivity index (χ0n) is 12.4. The number of ether oxygens (including phenoxy) is 1. The normalized spacial score (nSPS) is 12.6. The number of halogens is 3. The first-order chi connectivity index (χ1) is 10.3. The van der Waals surface area contributed by atoms with E-state index in [0.29, 0.717) is 0 Å². The van der Waals surface area contributed by atoms with Crippen LogP contribution < -0.4 is 5.32 Å². The van der Waals surface area contributed by atoms with E-state index in [-0.39, 0.29) is 12.2 Å². The Balaban J connectivity index is 2.59. The van der Waals surface area contributed by atoms with Crippen molar-refractivity contribution in [2.75, 3.05) is 6.61 Å². The second-order valence-electron chi connectivity index (χ2n) is 4.79. The van der Waals surface area contributed by atoms with Gasteiger partial charge in [0.2, 0.25) is 0 Å². The van der Waals surface area contributed by atoms with Crippen LogP contribution in [-0.4, -0.2) is 24.5 Å². The molecule has 0 saturated carbocycles. The van der Waals surface area contributed by atoms with E-state index >= 15 is 0 Å². The molecule has 22 heavy (non-hydrogen) atoms. The molecule has 4 nitrogen and oxygen atoms in total. The van der Waals surface area contributed by atoms with Crippen LogP contribution in [0.4, 0.5) is 13.2 Å². The van der Waals surface area contributed by atoms with E-state index in [4.69, 9.17) is 4.74 Å². The predicted octanol–water partition coefficient (Wildman–Crippen LogP) is 3.17. The van der Waals surface area contributed by atoms with Crippen LogP contribution in [0.3, 0.4) is 0 Å². The maximum absolute atomic E-state index is 12.4. The number of carbonyl (C=O) groups excluding carboxylic acids is 2. The van der Waals surface area contributed by atoms with Gasteiger partial charge in [-0.3, -0.25) is 4.79 Å². The minimum atomic E-state index is -4.45. The topological polar surface area (TPSA) is 55.4 Å². The van der Waals surface area contributed by atoms with Gasteiger partial charge in [-0.25, -0.2) is 4.79 Å². The molecule has 0 bridgehead atoms. The molecule has 122 valence electrons. The summed E-state index contributed by atoms with van der Waals surface area (Å²) in [5, 5.41) is 2.39. The first-order valence-corrected chi connectivity index (χ1v) is 6.90. The van der Waals surface area contributed by atoms with Crippen LogP contribution >= 0.6 is 0 Å². The molecule has 0 heterocycles. The van der Waals surface area contributed by atoms with Gasteiger partial charge in [0.25, 0.3) is 5.91 Å². The molecule has 1 N–H and O–H groups in total. The highest BCUT2D eigenvalue weighted by Crippen LogP contribution is 2.29. The van der Waals surface area contributed by atoms with Gasteiger partial charge >= 0.3 is 12.1 Å². The number of hydrogen-bond donors (Lipinski definition) is 1. The minimum Gasteiger partial charge on any atom is -0.464 e. The van der Waals surface area contributed by atoms with Crippen molar-refractivity contribution < 1.29 is 27.5 Å². The van der Waals surface area contributed by atoms with Crippen molar-refractivity contribution in [1.82, 2.24) is 5.32 Å². The number of unbranched alkanes of at least 4 members (excludes halogenated alkanes) is 1. The summed E-state index contributed by atoms with van der Waals surface area (Å²) in [4.78, 5) is 23.4. The van der Waals surface area contributed by atoms with Crippen molar-refractivity contribution >= 4 is 11.9 Å². The molecule has 0 aromatic heterocycles. The van der Waals surface area contributed by atoms with Gasteiger partial charge in [0.1, 0.15) is 6.04 Å². The molecular formula is C15H18F3NO3. The fourth-order valence-electron chi connectivity index (χ4n) is 1.59. The molecule has 1 amide bonds. The van der Waals surface area contributed by atoms with E-state index < -0.39 is 29.7 Å². The first kappa shape index (κ1) is 18.0. The van der Waals surface area contributed by atoms with E-state index in [2.05, 4.69) is 5.32 Å². The fourth-order valence-corrected chi connectivity index (χ4v) is 1.59. The van der Waals surface area contributed by atoms with Crippen LogP contribution in [0.1, 0.15) is 42.6 Å². The predicted molar refractivity (Wildman–Crippen MR) is 74.2 cm³/mol. The Morgan fingerprint density at radius 2 is 1.82 bits per heavy atom. The quantitative estimate of drug-likeness (QED) is 0.648. The second-order valence-corrected chi connectivity index (χ2v) is 4.79. The molecule has 7 heteroatoms. The molecule has 1 rings (SSSR count). The van der Waals surface area contributed by atoms with Crippen LogP contribution in [0.5, 0.6) is 0 Å². The fraction of sp³-hybridized carbons (Fsp3) is 0.467. The van der Waals surface area contributed by atoms with Crippen molar-refractivity contribution in [2.24, 2.45) is 0 Å². The highest BCUT2D eigenvalue weighted by atomic mass is 19.4. The Kier molecular flexibility index (Phi) is 6.39. The maximum Gasteiger partial charge on any atom is 0.416 e. The van der Waals surface area contributed by atoms with E-state index in [1.165, 1.54) is 6.92 Å². The van der Waals surface area contributed by atoms with Crippen molar-refractivity contribution in [2.45, 2.75) is 38.9 Å². The molecule has 0 aliphatic carbocycles. The molecule has 0 aliphatic heterocycles. The molecule has 0 radical (unpaired) electrons. The van der Waals surface area contributed by atoms with Gasteiger partial charge in [0, 0.05) is 5.56 Å². The molecular weight excluding hydrogens is 299 g/mol. The average molecular weight is 317 g/mol. The lowest BCUT2D eigenvalue weighted by Gasteiger charge is -2.13. The minimum absolute atomic E-state index is 0.0428. The summed E-state index contributed by atoms with van der Waals surface area (Å²) in [7, 11) is 0. The number of alkyl halides is 3. The largest absolute Gasteiger partial charge is 0.464 e. The third kappa shape index (κ3) is 5.38. The number of hydrogen-bond acceptors (Lipinski definition) is 3. The number of rotatable bonds is 6. The van der Waals surface area contributed by atoms with E-state index in [1.807, 2.05) is 6.92 Å². The number of nitrogens with one attached hydrogen (secondary N) is 1. The highest BCUT2D eigenvalue weighted by molar-refractivity contribution is 5.96. The summed E-state index contributed by atoms with van der Waals surface area (Å²) in [6.45, 7) is 3.68. The second kappa shape index (κ2) is 7.82. The number of amides is 1. The smallest absolute Gasteiger partial charge is 0.416 e. The summed E-state index contributed by atoms with van der Waals surface area (Å²) in [6.07, 6.45) is -2.85. The van der Waals surface area contributed by atoms with E-state index in [1.54, 1.807) is 0 Å². The Bertz CT molecular complexity index is 512. The first-order valence-electron chi connectivity index (χ1n) is 6.90. The average Bonchev–Trinajstić information content (AvgIpc) is 2.46. The molecule has 1 aromatic rings. The molecule has 1 atom stereocenters. The Morgan fingerprint density at radius 3 is 2.32 bits per heavy atom. The lowest BCUT2D eigenvalue weighted by Crippen LogP contribution is -2.39. The van der Waals surface area contributed by atoms with Gasteiger partial charge in [-0.05, 0) is 37.6 Å². The molecule has 1 aromatic carbocycles. The standard InChI is InChI=1S/C15H18F3NO3/c1-3-4-9-22-14(21)10(2)19-13(20)11-5-7-12(8-6-11)15(16,17)18/h5-8,10H,3-4,9H2,1-2H3,(H,19,20). The summed E-state index contributed by atoms with van der Waals surface area (Å²) in [6, 6.07) is 2.89. The van der Waals surface area contributed by atoms with Crippen molar-refractivity contribution in [1.29, 1.82) is 0 Å². The maximum atomic E-state index is 12.4. The molecule has 0 aliphatic rings. The van der Waals surface area contributed by atoms with Gasteiger partial charge in [-0.15, -0.1) is 0 Å². The third-order valence-corrected chi connectivity index (χ3v) is 2.92. The van der Waals surface area contributed by atoms with E-state index in [0.717, 1.165) is 37.1 Å². The summed E-state index contributed by atoms with van der Waals surface area (Å²) < 4.78 is 42.2. The Morgan fingerprint density at radius 1 is 1.23 bits per heavy atom. The lowest BCUT2D eigenvalue weighted by atomic mass is 10.1. The monoisotopic (exact) mass is 317 g/mol. The highest BCUT2D eigenvalue weighted by Gasteiger charge is 2.30. The lowest BCUT2D eigenvalue weighted by molar-refractivity contribution is -0.145. The van der Waals surface area contributed by atoms with Crippen LogP contribution in [0.15, 0.2) is 24.3 Å². The van der Waals surface area contributed by atoms with Crippen LogP contribution in [0.2, 0.25) is 0 Å². The van der Waals surface area contributed by atoms with Crippen LogP contribution in [-0.2, 0) is 15.7 Å². The summed E-state index contributed by atoms with van der Waals surface area (Å²) in [5.74, 6) is -1.21. The molecule has 1 unspecified atom stereocenters. The van der Waals surface area contributed by atoms with Crippen LogP contribution in [0.25, 0.3) is 0 Å². The number of carbonyl (C=O) groups is 2. The van der Waals surface area contributed by atoms with Gasteiger partial charge < -0.3 is 10.1 Å². The van der Waals surface area contributed by atoms with Gasteiger partial charge in [-0.1, -0.05) is 13.3 Å². The van der Waals surface area contributed by atoms with Crippen LogP contribution in [0, 0.1) is 0 Å². The van der Waals surface area contributed by atoms with Gasteiger partial charge in [0.05, 0.1) is 12.2 Å². The SMILES string of the molecule is CCCCOC(=O)C(C)NC(=O)c1ccc(C(F)(F)F)cc1. The Labute approximate surface area is 126 Å². The zero-order chi connectivity index (χ0) is 16.8. The van der Waals surface area contributed by atoms with Gasteiger partial charge in [-0.2, -0.15) is 13.2 Å². The van der Waals surface area contributed by atoms with E-state index in [9.17, 15) is 22.8 Å². The third-order valence-electron chi connectivity index (χ3n) is 2.92. The molecule has 0 spiro atoms. The summed E-state index contributed by atoms with van der Waals surface area (Å²) in [5.41, 5.74) is -0.794. The van der Waals surface area contributed by atoms with Gasteiger partial charge in [0.15, 0.2) is 0 Å².